The van der Waals surface area contributed by atoms with Crippen LogP contribution >= 0.6 is 11.6 Å². The fourth-order valence-electron chi connectivity index (χ4n) is 2.97. The molecule has 0 bridgehead atoms. The number of fused-ring (bicyclic) bond motifs is 1. The van der Waals surface area contributed by atoms with Crippen molar-refractivity contribution >= 4 is 50.0 Å². The smallest absolute Gasteiger partial charge is 0.336 e. The third kappa shape index (κ3) is 4.46. The molecule has 0 spiro atoms. The average molecular weight is 479 g/mol. The summed E-state index contributed by atoms with van der Waals surface area (Å²) in [4.78, 5) is 7.72. The standard InChI is InChI=1S/C21H14ClF3N4O2S/c22-14-8-2-3-9-15(14)26-19-20(28-17-11-5-4-10-16(17)27-19)29-32(30,31)18-12-6-1-7-13(18)21(23,24)25/h1-12H,(H,26,27)(H,28,29). The summed E-state index contributed by atoms with van der Waals surface area (Å²) >= 11 is 6.17. The Kier molecular flexibility index (Phi) is 5.66. The number of hydrogen-bond acceptors (Lipinski definition) is 5. The van der Waals surface area contributed by atoms with E-state index in [1.807, 2.05) is 0 Å². The highest BCUT2D eigenvalue weighted by Gasteiger charge is 2.37. The predicted molar refractivity (Wildman–Crippen MR) is 117 cm³/mol. The zero-order valence-electron chi connectivity index (χ0n) is 16.1. The van der Waals surface area contributed by atoms with Crippen LogP contribution in [-0.4, -0.2) is 18.4 Å². The van der Waals surface area contributed by atoms with Crippen molar-refractivity contribution in [2.75, 3.05) is 10.0 Å². The number of halogens is 4. The normalized spacial score (nSPS) is 12.0. The van der Waals surface area contributed by atoms with E-state index in [-0.39, 0.29) is 11.6 Å². The van der Waals surface area contributed by atoms with Crippen molar-refractivity contribution in [3.8, 4) is 0 Å². The van der Waals surface area contributed by atoms with E-state index in [0.29, 0.717) is 27.8 Å². The van der Waals surface area contributed by atoms with Crippen molar-refractivity contribution in [3.05, 3.63) is 83.4 Å². The fraction of sp³-hybridized carbons (Fsp3) is 0.0476. The van der Waals surface area contributed by atoms with Crippen LogP contribution in [0, 0.1) is 0 Å². The largest absolute Gasteiger partial charge is 0.417 e. The lowest BCUT2D eigenvalue weighted by Gasteiger charge is -2.16. The third-order valence-corrected chi connectivity index (χ3v) is 6.14. The average Bonchev–Trinajstić information content (AvgIpc) is 2.75. The van der Waals surface area contributed by atoms with Gasteiger partial charge in [-0.05, 0) is 36.4 Å². The fourth-order valence-corrected chi connectivity index (χ4v) is 4.39. The first-order valence-electron chi connectivity index (χ1n) is 9.12. The maximum absolute atomic E-state index is 13.4. The molecule has 4 rings (SSSR count). The number of nitrogens with zero attached hydrogens (tertiary/aromatic N) is 2. The highest BCUT2D eigenvalue weighted by Crippen LogP contribution is 2.35. The summed E-state index contributed by atoms with van der Waals surface area (Å²) in [5.74, 6) is -0.300. The van der Waals surface area contributed by atoms with Gasteiger partial charge in [0.25, 0.3) is 10.0 Å². The van der Waals surface area contributed by atoms with E-state index in [4.69, 9.17) is 11.6 Å². The van der Waals surface area contributed by atoms with Crippen LogP contribution in [0.2, 0.25) is 5.02 Å². The molecule has 0 aliphatic rings. The highest BCUT2D eigenvalue weighted by atomic mass is 35.5. The number of alkyl halides is 3. The maximum atomic E-state index is 13.4. The number of nitrogens with one attached hydrogen (secondary N) is 2. The summed E-state index contributed by atoms with van der Waals surface area (Å²) in [5, 5.41) is 3.23. The van der Waals surface area contributed by atoms with E-state index in [9.17, 15) is 21.6 Å². The minimum atomic E-state index is -4.86. The van der Waals surface area contributed by atoms with Gasteiger partial charge in [-0.1, -0.05) is 48.0 Å². The Balaban J connectivity index is 1.83. The van der Waals surface area contributed by atoms with Gasteiger partial charge in [-0.25, -0.2) is 18.4 Å². The molecule has 0 radical (unpaired) electrons. The number of sulfonamides is 1. The summed E-state index contributed by atoms with van der Waals surface area (Å²) in [6, 6.07) is 17.2. The molecule has 0 saturated carbocycles. The van der Waals surface area contributed by atoms with E-state index in [1.165, 1.54) is 6.07 Å². The molecule has 1 heterocycles. The zero-order chi connectivity index (χ0) is 22.9. The molecule has 0 fully saturated rings. The Hall–Kier alpha value is -3.37. The van der Waals surface area contributed by atoms with Crippen molar-refractivity contribution in [2.24, 2.45) is 0 Å². The molecule has 0 saturated heterocycles. The molecule has 1 aromatic heterocycles. The van der Waals surface area contributed by atoms with Crippen LogP contribution in [0.4, 0.5) is 30.5 Å². The molecule has 0 atom stereocenters. The first kappa shape index (κ1) is 21.8. The van der Waals surface area contributed by atoms with Gasteiger partial charge >= 0.3 is 6.18 Å². The number of rotatable bonds is 5. The summed E-state index contributed by atoms with van der Waals surface area (Å²) < 4.78 is 68.2. The molecule has 32 heavy (non-hydrogen) atoms. The van der Waals surface area contributed by atoms with Gasteiger partial charge in [-0.15, -0.1) is 0 Å². The lowest BCUT2D eigenvalue weighted by Crippen LogP contribution is -2.20. The molecule has 0 aliphatic heterocycles. The SMILES string of the molecule is O=S(=O)(Nc1nc2ccccc2nc1Nc1ccccc1Cl)c1ccccc1C(F)(F)F. The second-order valence-corrected chi connectivity index (χ2v) is 8.67. The van der Waals surface area contributed by atoms with Gasteiger partial charge in [0.05, 0.1) is 32.2 Å². The molecular weight excluding hydrogens is 465 g/mol. The monoisotopic (exact) mass is 478 g/mol. The third-order valence-electron chi connectivity index (χ3n) is 4.41. The van der Waals surface area contributed by atoms with Crippen LogP contribution < -0.4 is 10.0 Å². The second-order valence-electron chi connectivity index (χ2n) is 6.61. The van der Waals surface area contributed by atoms with Crippen molar-refractivity contribution < 1.29 is 21.6 Å². The summed E-state index contributed by atoms with van der Waals surface area (Å²) in [7, 11) is -4.67. The Bertz CT molecular complexity index is 1410. The Morgan fingerprint density at radius 2 is 1.34 bits per heavy atom. The van der Waals surface area contributed by atoms with Crippen LogP contribution in [0.15, 0.2) is 77.7 Å². The van der Waals surface area contributed by atoms with Crippen molar-refractivity contribution in [1.82, 2.24) is 9.97 Å². The Labute approximate surface area is 186 Å². The van der Waals surface area contributed by atoms with Crippen molar-refractivity contribution in [2.45, 2.75) is 11.1 Å². The number of aromatic nitrogens is 2. The lowest BCUT2D eigenvalue weighted by molar-refractivity contribution is -0.139. The van der Waals surface area contributed by atoms with Crippen LogP contribution in [-0.2, 0) is 16.2 Å². The highest BCUT2D eigenvalue weighted by molar-refractivity contribution is 7.92. The molecule has 0 amide bonds. The van der Waals surface area contributed by atoms with E-state index >= 15 is 0 Å². The molecule has 11 heteroatoms. The molecule has 164 valence electrons. The minimum absolute atomic E-state index is 0.0233. The number of benzene rings is 3. The summed E-state index contributed by atoms with van der Waals surface area (Å²) in [6.07, 6.45) is -4.86. The second kappa shape index (κ2) is 8.29. The van der Waals surface area contributed by atoms with Gasteiger partial charge in [0.1, 0.15) is 0 Å². The number of hydrogen-bond donors (Lipinski definition) is 2. The van der Waals surface area contributed by atoms with Crippen LogP contribution in [0.1, 0.15) is 5.56 Å². The van der Waals surface area contributed by atoms with Crippen LogP contribution in [0.5, 0.6) is 0 Å². The summed E-state index contributed by atoms with van der Waals surface area (Å²) in [6.45, 7) is 0. The van der Waals surface area contributed by atoms with Gasteiger partial charge in [0, 0.05) is 0 Å². The first-order valence-corrected chi connectivity index (χ1v) is 11.0. The van der Waals surface area contributed by atoms with E-state index in [0.717, 1.165) is 12.1 Å². The van der Waals surface area contributed by atoms with Crippen molar-refractivity contribution in [3.63, 3.8) is 0 Å². The molecule has 0 unspecified atom stereocenters. The first-order chi connectivity index (χ1) is 15.1. The van der Waals surface area contributed by atoms with Gasteiger partial charge < -0.3 is 5.32 Å². The topological polar surface area (TPSA) is 84.0 Å². The Morgan fingerprint density at radius 1 is 0.781 bits per heavy atom. The molecule has 2 N–H and O–H groups in total. The zero-order valence-corrected chi connectivity index (χ0v) is 17.6. The number of anilines is 3. The molecular formula is C21H14ClF3N4O2S. The van der Waals surface area contributed by atoms with Gasteiger partial charge in [0.15, 0.2) is 11.6 Å². The van der Waals surface area contributed by atoms with Gasteiger partial charge in [-0.3, -0.25) is 4.72 Å². The maximum Gasteiger partial charge on any atom is 0.417 e. The van der Waals surface area contributed by atoms with Crippen molar-refractivity contribution in [1.29, 1.82) is 0 Å². The lowest BCUT2D eigenvalue weighted by atomic mass is 10.2. The minimum Gasteiger partial charge on any atom is -0.336 e. The van der Waals surface area contributed by atoms with E-state index in [1.54, 1.807) is 48.5 Å². The van der Waals surface area contributed by atoms with Gasteiger partial charge in [-0.2, -0.15) is 13.2 Å². The molecule has 3 aromatic carbocycles. The Morgan fingerprint density at radius 3 is 2.00 bits per heavy atom. The predicted octanol–water partition coefficient (Wildman–Crippen LogP) is 5.85. The van der Waals surface area contributed by atoms with E-state index in [2.05, 4.69) is 20.0 Å². The van der Waals surface area contributed by atoms with Crippen LogP contribution in [0.3, 0.4) is 0 Å². The van der Waals surface area contributed by atoms with Crippen LogP contribution in [0.25, 0.3) is 11.0 Å². The molecule has 4 aromatic rings. The van der Waals surface area contributed by atoms with Gasteiger partial charge in [0.2, 0.25) is 0 Å². The molecule has 0 aliphatic carbocycles. The molecule has 6 nitrogen and oxygen atoms in total. The van der Waals surface area contributed by atoms with E-state index < -0.39 is 26.7 Å². The summed E-state index contributed by atoms with van der Waals surface area (Å²) in [5.41, 5.74) is -0.0866. The number of para-hydroxylation sites is 3. The quantitative estimate of drug-likeness (QED) is 0.376.